The van der Waals surface area contributed by atoms with Gasteiger partial charge in [-0.05, 0) is 56.3 Å². The number of rotatable bonds is 15. The first-order valence-electron chi connectivity index (χ1n) is 13.5. The molecule has 0 bridgehead atoms. The van der Waals surface area contributed by atoms with Crippen LogP contribution in [0.15, 0.2) is 60.7 Å². The van der Waals surface area contributed by atoms with Crippen LogP contribution in [0.2, 0.25) is 0 Å². The highest BCUT2D eigenvalue weighted by Gasteiger charge is 2.31. The fourth-order valence-corrected chi connectivity index (χ4v) is 4.60. The van der Waals surface area contributed by atoms with Crippen molar-refractivity contribution < 1.29 is 24.3 Å². The summed E-state index contributed by atoms with van der Waals surface area (Å²) in [6.07, 6.45) is 3.52. The number of unbranched alkanes of at least 4 members (excludes halogenated alkanes) is 1. The summed E-state index contributed by atoms with van der Waals surface area (Å²) in [5, 5.41) is 21.1. The average molecular weight is 538 g/mol. The monoisotopic (exact) mass is 537 g/mol. The molecule has 10 heteroatoms. The molecular formula is C29H39N5O5. The van der Waals surface area contributed by atoms with E-state index < -0.39 is 35.9 Å². The van der Waals surface area contributed by atoms with Gasteiger partial charge in [0.05, 0.1) is 6.04 Å². The summed E-state index contributed by atoms with van der Waals surface area (Å²) in [5.74, 6) is -2.53. The van der Waals surface area contributed by atoms with E-state index in [1.54, 1.807) is 24.3 Å². The van der Waals surface area contributed by atoms with Crippen molar-refractivity contribution in [1.29, 1.82) is 0 Å². The minimum Gasteiger partial charge on any atom is -0.480 e. The predicted molar refractivity (Wildman–Crippen MR) is 148 cm³/mol. The van der Waals surface area contributed by atoms with Gasteiger partial charge in [-0.25, -0.2) is 4.79 Å². The van der Waals surface area contributed by atoms with E-state index in [2.05, 4.69) is 21.3 Å². The zero-order chi connectivity index (χ0) is 28.0. The second kappa shape index (κ2) is 15.6. The number of hydrogen-bond donors (Lipinski definition) is 6. The van der Waals surface area contributed by atoms with Gasteiger partial charge in [0.1, 0.15) is 18.1 Å². The van der Waals surface area contributed by atoms with Gasteiger partial charge in [0.15, 0.2) is 0 Å². The molecule has 1 saturated heterocycles. The van der Waals surface area contributed by atoms with Crippen LogP contribution >= 0.6 is 0 Å². The van der Waals surface area contributed by atoms with Crippen LogP contribution in [0.5, 0.6) is 0 Å². The van der Waals surface area contributed by atoms with Gasteiger partial charge in [-0.3, -0.25) is 14.4 Å². The van der Waals surface area contributed by atoms with Crippen LogP contribution in [-0.2, 0) is 32.0 Å². The van der Waals surface area contributed by atoms with Crippen molar-refractivity contribution in [1.82, 2.24) is 21.3 Å². The van der Waals surface area contributed by atoms with Gasteiger partial charge in [0.25, 0.3) is 0 Å². The maximum Gasteiger partial charge on any atom is 0.326 e. The summed E-state index contributed by atoms with van der Waals surface area (Å²) in [5.41, 5.74) is 7.18. The number of nitrogens with one attached hydrogen (secondary N) is 4. The highest BCUT2D eigenvalue weighted by Crippen LogP contribution is 2.10. The molecule has 4 unspecified atom stereocenters. The number of nitrogens with two attached hydrogens (primary N) is 1. The Bertz CT molecular complexity index is 1080. The van der Waals surface area contributed by atoms with Crippen LogP contribution in [-0.4, -0.2) is 66.1 Å². The first-order valence-corrected chi connectivity index (χ1v) is 13.5. The standard InChI is InChI=1S/C29H39N5O5/c30-16-8-7-14-23(32-26(35)22-15-9-17-31-22)27(36)33-24(18-20-10-3-1-4-11-20)28(37)34-25(29(38)39)19-21-12-5-2-6-13-21/h1-6,10-13,22-25,31H,7-9,14-19,30H2,(H,32,35)(H,33,36)(H,34,37)(H,38,39). The first kappa shape index (κ1) is 29.8. The van der Waals surface area contributed by atoms with Gasteiger partial charge in [0, 0.05) is 12.8 Å². The molecule has 10 nitrogen and oxygen atoms in total. The molecule has 0 saturated carbocycles. The van der Waals surface area contributed by atoms with Crippen LogP contribution in [0, 0.1) is 0 Å². The molecule has 0 spiro atoms. The van der Waals surface area contributed by atoms with Gasteiger partial charge < -0.3 is 32.1 Å². The molecule has 1 heterocycles. The second-order valence-electron chi connectivity index (χ2n) is 9.83. The van der Waals surface area contributed by atoms with E-state index in [0.29, 0.717) is 32.2 Å². The third kappa shape index (κ3) is 9.81. The third-order valence-electron chi connectivity index (χ3n) is 6.77. The number of hydrogen-bond acceptors (Lipinski definition) is 6. The lowest BCUT2D eigenvalue weighted by Crippen LogP contribution is -2.57. The number of benzene rings is 2. The molecular weight excluding hydrogens is 498 g/mol. The first-order chi connectivity index (χ1) is 18.9. The highest BCUT2D eigenvalue weighted by atomic mass is 16.4. The summed E-state index contributed by atoms with van der Waals surface area (Å²) in [6.45, 7) is 1.21. The maximum absolute atomic E-state index is 13.4. The van der Waals surface area contributed by atoms with Crippen LogP contribution < -0.4 is 27.0 Å². The molecule has 0 radical (unpaired) electrons. The summed E-state index contributed by atoms with van der Waals surface area (Å²) in [4.78, 5) is 51.6. The Labute approximate surface area is 229 Å². The van der Waals surface area contributed by atoms with E-state index >= 15 is 0 Å². The van der Waals surface area contributed by atoms with Crippen molar-refractivity contribution in [3.63, 3.8) is 0 Å². The van der Waals surface area contributed by atoms with Crippen molar-refractivity contribution in [2.24, 2.45) is 5.73 Å². The zero-order valence-electron chi connectivity index (χ0n) is 22.1. The molecule has 1 aliphatic rings. The largest absolute Gasteiger partial charge is 0.480 e. The molecule has 1 fully saturated rings. The average Bonchev–Trinajstić information content (AvgIpc) is 3.48. The Balaban J connectivity index is 1.75. The van der Waals surface area contributed by atoms with E-state index in [0.717, 1.165) is 24.1 Å². The Hall–Kier alpha value is -3.76. The molecule has 4 atom stereocenters. The SMILES string of the molecule is NCCCCC(NC(=O)C1CCCN1)C(=O)NC(Cc1ccccc1)C(=O)NC(Cc1ccccc1)C(=O)O. The quantitative estimate of drug-likeness (QED) is 0.184. The van der Waals surface area contributed by atoms with E-state index in [1.165, 1.54) is 0 Å². The summed E-state index contributed by atoms with van der Waals surface area (Å²) in [6, 6.07) is 14.7. The number of carboxylic acid groups (broad SMARTS) is 1. The normalized spacial score (nSPS) is 17.0. The van der Waals surface area contributed by atoms with Crippen molar-refractivity contribution in [3.8, 4) is 0 Å². The predicted octanol–water partition coefficient (Wildman–Crippen LogP) is 0.892. The summed E-state index contributed by atoms with van der Waals surface area (Å²) >= 11 is 0. The minimum absolute atomic E-state index is 0.0973. The Morgan fingerprint density at radius 1 is 0.821 bits per heavy atom. The third-order valence-corrected chi connectivity index (χ3v) is 6.77. The molecule has 210 valence electrons. The van der Waals surface area contributed by atoms with E-state index in [4.69, 9.17) is 5.73 Å². The molecule has 3 rings (SSSR count). The molecule has 2 aromatic rings. The molecule has 2 aromatic carbocycles. The zero-order valence-corrected chi connectivity index (χ0v) is 22.1. The number of carboxylic acids is 1. The molecule has 3 amide bonds. The topological polar surface area (TPSA) is 163 Å². The van der Waals surface area contributed by atoms with Crippen LogP contribution in [0.3, 0.4) is 0 Å². The van der Waals surface area contributed by atoms with Gasteiger partial charge in [0.2, 0.25) is 17.7 Å². The van der Waals surface area contributed by atoms with Crippen LogP contribution in [0.1, 0.15) is 43.2 Å². The minimum atomic E-state index is -1.18. The maximum atomic E-state index is 13.4. The van der Waals surface area contributed by atoms with Gasteiger partial charge in [-0.15, -0.1) is 0 Å². The lowest BCUT2D eigenvalue weighted by Gasteiger charge is -2.25. The smallest absolute Gasteiger partial charge is 0.326 e. The lowest BCUT2D eigenvalue weighted by atomic mass is 10.0. The lowest BCUT2D eigenvalue weighted by molar-refractivity contribution is -0.142. The molecule has 39 heavy (non-hydrogen) atoms. The highest BCUT2D eigenvalue weighted by molar-refractivity contribution is 5.94. The number of carbonyl (C=O) groups excluding carboxylic acids is 3. The van der Waals surface area contributed by atoms with Crippen LogP contribution in [0.25, 0.3) is 0 Å². The van der Waals surface area contributed by atoms with E-state index in [1.807, 2.05) is 36.4 Å². The number of amides is 3. The summed E-state index contributed by atoms with van der Waals surface area (Å²) in [7, 11) is 0. The van der Waals surface area contributed by atoms with Crippen molar-refractivity contribution in [2.75, 3.05) is 13.1 Å². The van der Waals surface area contributed by atoms with Gasteiger partial charge >= 0.3 is 5.97 Å². The van der Waals surface area contributed by atoms with Gasteiger partial charge in [-0.2, -0.15) is 0 Å². The van der Waals surface area contributed by atoms with E-state index in [-0.39, 0.29) is 24.8 Å². The summed E-state index contributed by atoms with van der Waals surface area (Å²) < 4.78 is 0. The van der Waals surface area contributed by atoms with Crippen molar-refractivity contribution in [3.05, 3.63) is 71.8 Å². The molecule has 0 aliphatic carbocycles. The molecule has 1 aliphatic heterocycles. The van der Waals surface area contributed by atoms with Gasteiger partial charge in [-0.1, -0.05) is 60.7 Å². The van der Waals surface area contributed by atoms with Crippen LogP contribution in [0.4, 0.5) is 0 Å². The Morgan fingerprint density at radius 2 is 1.38 bits per heavy atom. The fraction of sp³-hybridized carbons (Fsp3) is 0.448. The molecule has 0 aromatic heterocycles. The number of carbonyl (C=O) groups is 4. The van der Waals surface area contributed by atoms with Crippen molar-refractivity contribution in [2.45, 2.75) is 69.1 Å². The molecule has 7 N–H and O–H groups in total. The second-order valence-corrected chi connectivity index (χ2v) is 9.83. The Morgan fingerprint density at radius 3 is 1.92 bits per heavy atom. The Kier molecular flexibility index (Phi) is 11.9. The fourth-order valence-electron chi connectivity index (χ4n) is 4.60. The number of aliphatic carboxylic acids is 1. The van der Waals surface area contributed by atoms with E-state index in [9.17, 15) is 24.3 Å². The van der Waals surface area contributed by atoms with Crippen molar-refractivity contribution >= 4 is 23.7 Å².